The number of hydrogen-bond acceptors (Lipinski definition) is 6. The van der Waals surface area contributed by atoms with Crippen molar-refractivity contribution in [2.24, 2.45) is 0 Å². The Kier molecular flexibility index (Phi) is 13.1. The molecule has 0 aliphatic heterocycles. The van der Waals surface area contributed by atoms with Gasteiger partial charge in [0.1, 0.15) is 11.9 Å². The lowest BCUT2D eigenvalue weighted by molar-refractivity contribution is 0.214. The van der Waals surface area contributed by atoms with Crippen molar-refractivity contribution in [3.05, 3.63) is 111 Å². The predicted octanol–water partition coefficient (Wildman–Crippen LogP) is 6.71. The van der Waals surface area contributed by atoms with Crippen LogP contribution in [0.4, 0.5) is 8.78 Å². The Labute approximate surface area is 214 Å². The fraction of sp³-hybridized carbons (Fsp3) is 0.130. The van der Waals surface area contributed by atoms with E-state index >= 15 is 0 Å². The zero-order valence-electron chi connectivity index (χ0n) is 17.0. The van der Waals surface area contributed by atoms with Crippen molar-refractivity contribution in [3.8, 4) is 5.75 Å². The Morgan fingerprint density at radius 1 is 0.824 bits per heavy atom. The molecule has 2 aromatic heterocycles. The van der Waals surface area contributed by atoms with Crippen LogP contribution in [-0.2, 0) is 0 Å². The highest BCUT2D eigenvalue weighted by Gasteiger charge is 2.15. The number of ether oxygens (including phenoxy) is 1. The molecule has 0 spiro atoms. The molecule has 1 unspecified atom stereocenters. The van der Waals surface area contributed by atoms with Crippen molar-refractivity contribution in [1.82, 2.24) is 19.9 Å². The van der Waals surface area contributed by atoms with Crippen LogP contribution in [-0.4, -0.2) is 32.2 Å². The lowest BCUT2D eigenvalue weighted by Crippen LogP contribution is -2.03. The average Bonchev–Trinajstić information content (AvgIpc) is 2.82. The fourth-order valence-corrected chi connectivity index (χ4v) is 2.65. The normalized spacial score (nSPS) is 10.4. The van der Waals surface area contributed by atoms with Gasteiger partial charge in [0.2, 0.25) is 10.6 Å². The molecule has 34 heavy (non-hydrogen) atoms. The lowest BCUT2D eigenvalue weighted by Gasteiger charge is -2.11. The van der Waals surface area contributed by atoms with Crippen LogP contribution < -0.4 is 4.74 Å². The Balaban J connectivity index is 0.000000274. The second-order valence-corrected chi connectivity index (χ2v) is 7.61. The summed E-state index contributed by atoms with van der Waals surface area (Å²) < 4.78 is 31.3. The number of hydrogen-bond donors (Lipinski definition) is 1. The van der Waals surface area contributed by atoms with Gasteiger partial charge in [-0.3, -0.25) is 0 Å². The van der Waals surface area contributed by atoms with E-state index in [2.05, 4.69) is 40.6 Å². The lowest BCUT2D eigenvalue weighted by atomic mass is 10.0. The van der Waals surface area contributed by atoms with Crippen LogP contribution >= 0.6 is 39.1 Å². The first-order valence-corrected chi connectivity index (χ1v) is 10.7. The molecule has 0 bridgehead atoms. The summed E-state index contributed by atoms with van der Waals surface area (Å²) in [5.74, 6) is -0.498. The highest BCUT2D eigenvalue weighted by Crippen LogP contribution is 2.23. The number of halogens is 5. The third kappa shape index (κ3) is 9.64. The van der Waals surface area contributed by atoms with E-state index in [4.69, 9.17) is 23.2 Å². The van der Waals surface area contributed by atoms with Gasteiger partial charge in [-0.25, -0.2) is 28.7 Å². The number of aromatic nitrogens is 4. The van der Waals surface area contributed by atoms with E-state index < -0.39 is 11.9 Å². The molecule has 0 amide bonds. The second-order valence-electron chi connectivity index (χ2n) is 6.01. The Hall–Kier alpha value is -2.72. The van der Waals surface area contributed by atoms with E-state index in [1.165, 1.54) is 37.7 Å². The minimum absolute atomic E-state index is 0. The van der Waals surface area contributed by atoms with Gasteiger partial charge in [0.25, 0.3) is 0 Å². The molecule has 180 valence electrons. The average molecular weight is 574 g/mol. The first-order valence-electron chi connectivity index (χ1n) is 9.13. The van der Waals surface area contributed by atoms with Crippen LogP contribution in [0.25, 0.3) is 0 Å². The summed E-state index contributed by atoms with van der Waals surface area (Å²) in [7, 11) is 1.44. The summed E-state index contributed by atoms with van der Waals surface area (Å²) in [5, 5.41) is 10.3. The number of benzene rings is 2. The van der Waals surface area contributed by atoms with Gasteiger partial charge in [-0.2, -0.15) is 0 Å². The molecule has 2 aromatic carbocycles. The minimum atomic E-state index is -1.08. The standard InChI is InChI=1S/C11H8ClFN2O.C7H7FO.C4H2BrClN2.CH4/c12-11-14-5-7(6-15-11)10(16)8-3-1-2-4-9(8)13;1-9-7-5-3-2-4-6(7)8;5-3-1-7-4(6)8-2-3;/h1-6,10,16H;2-5H,1H3;1-2H;1H4. The topological polar surface area (TPSA) is 81.0 Å². The van der Waals surface area contributed by atoms with Crippen molar-refractivity contribution in [3.63, 3.8) is 0 Å². The first kappa shape index (κ1) is 29.3. The van der Waals surface area contributed by atoms with Crippen LogP contribution in [0.1, 0.15) is 24.7 Å². The molecule has 0 saturated heterocycles. The third-order valence-corrected chi connectivity index (χ3v) is 4.60. The van der Waals surface area contributed by atoms with Crippen molar-refractivity contribution >= 4 is 39.1 Å². The predicted molar refractivity (Wildman–Crippen MR) is 132 cm³/mol. The largest absolute Gasteiger partial charge is 0.494 e. The molecular formula is C23H21BrCl2F2N4O2. The summed E-state index contributed by atoms with van der Waals surface area (Å²) >= 11 is 14.0. The highest BCUT2D eigenvalue weighted by atomic mass is 79.9. The van der Waals surface area contributed by atoms with E-state index in [1.807, 2.05) is 0 Å². The first-order chi connectivity index (χ1) is 15.8. The van der Waals surface area contributed by atoms with Crippen LogP contribution in [0.2, 0.25) is 10.6 Å². The number of methoxy groups -OCH3 is 1. The molecule has 6 nitrogen and oxygen atoms in total. The number of para-hydroxylation sites is 1. The fourth-order valence-electron chi connectivity index (χ4n) is 2.25. The molecule has 0 aliphatic rings. The molecule has 0 fully saturated rings. The second kappa shape index (κ2) is 15.2. The third-order valence-electron chi connectivity index (χ3n) is 3.80. The summed E-state index contributed by atoms with van der Waals surface area (Å²) in [6.07, 6.45) is 4.84. The van der Waals surface area contributed by atoms with E-state index in [0.29, 0.717) is 5.56 Å². The number of aliphatic hydroxyl groups excluding tert-OH is 1. The zero-order chi connectivity index (χ0) is 24.2. The Morgan fingerprint density at radius 3 is 1.74 bits per heavy atom. The van der Waals surface area contributed by atoms with Gasteiger partial charge in [-0.05, 0) is 57.3 Å². The van der Waals surface area contributed by atoms with Gasteiger partial charge in [-0.15, -0.1) is 0 Å². The van der Waals surface area contributed by atoms with Crippen LogP contribution in [0.15, 0.2) is 77.8 Å². The van der Waals surface area contributed by atoms with Crippen LogP contribution in [0.3, 0.4) is 0 Å². The molecule has 0 saturated carbocycles. The molecular weight excluding hydrogens is 553 g/mol. The zero-order valence-corrected chi connectivity index (χ0v) is 20.1. The molecule has 1 N–H and O–H groups in total. The minimum Gasteiger partial charge on any atom is -0.494 e. The molecule has 1 atom stereocenters. The molecule has 4 aromatic rings. The Morgan fingerprint density at radius 2 is 1.29 bits per heavy atom. The van der Waals surface area contributed by atoms with E-state index in [9.17, 15) is 13.9 Å². The van der Waals surface area contributed by atoms with Gasteiger partial charge in [-0.1, -0.05) is 37.8 Å². The summed E-state index contributed by atoms with van der Waals surface area (Å²) in [5.41, 5.74) is 0.586. The van der Waals surface area contributed by atoms with E-state index in [0.717, 1.165) is 4.47 Å². The molecule has 2 heterocycles. The van der Waals surface area contributed by atoms with Crippen molar-refractivity contribution < 1.29 is 18.6 Å². The molecule has 11 heteroatoms. The number of nitrogens with zero attached hydrogens (tertiary/aromatic N) is 4. The monoisotopic (exact) mass is 572 g/mol. The van der Waals surface area contributed by atoms with Gasteiger partial charge in [0, 0.05) is 35.9 Å². The van der Waals surface area contributed by atoms with Crippen LogP contribution in [0, 0.1) is 11.6 Å². The molecule has 4 rings (SSSR count). The van der Waals surface area contributed by atoms with Gasteiger partial charge < -0.3 is 9.84 Å². The maximum Gasteiger partial charge on any atom is 0.222 e. The van der Waals surface area contributed by atoms with Crippen LogP contribution in [0.5, 0.6) is 5.75 Å². The van der Waals surface area contributed by atoms with Gasteiger partial charge in [0.05, 0.1) is 11.6 Å². The number of rotatable bonds is 3. The van der Waals surface area contributed by atoms with Crippen molar-refractivity contribution in [2.75, 3.05) is 7.11 Å². The van der Waals surface area contributed by atoms with Crippen molar-refractivity contribution in [2.45, 2.75) is 13.5 Å². The maximum absolute atomic E-state index is 13.4. The van der Waals surface area contributed by atoms with Gasteiger partial charge in [0.15, 0.2) is 11.6 Å². The molecule has 0 radical (unpaired) electrons. The molecule has 0 aliphatic carbocycles. The SMILES string of the molecule is C.COc1ccccc1F.Clc1ncc(Br)cn1.OC(c1cnc(Cl)nc1)c1ccccc1F. The van der Waals surface area contributed by atoms with Crippen molar-refractivity contribution in [1.29, 1.82) is 0 Å². The summed E-state index contributed by atoms with van der Waals surface area (Å²) in [4.78, 5) is 14.8. The van der Waals surface area contributed by atoms with E-state index in [-0.39, 0.29) is 35.1 Å². The quantitative estimate of drug-likeness (QED) is 0.274. The smallest absolute Gasteiger partial charge is 0.222 e. The highest BCUT2D eigenvalue weighted by molar-refractivity contribution is 9.10. The van der Waals surface area contributed by atoms with Gasteiger partial charge >= 0.3 is 0 Å². The number of aliphatic hydroxyl groups is 1. The maximum atomic E-state index is 13.4. The Bertz CT molecular complexity index is 1120. The summed E-state index contributed by atoms with van der Waals surface area (Å²) in [6, 6.07) is 12.3. The summed E-state index contributed by atoms with van der Waals surface area (Å²) in [6.45, 7) is 0. The van der Waals surface area contributed by atoms with E-state index in [1.54, 1.807) is 42.7 Å².